The zero-order valence-corrected chi connectivity index (χ0v) is 14.2. The fourth-order valence-corrected chi connectivity index (χ4v) is 2.69. The van der Waals surface area contributed by atoms with Crippen molar-refractivity contribution >= 4 is 29.4 Å². The van der Waals surface area contributed by atoms with E-state index >= 15 is 0 Å². The molecule has 2 N–H and O–H groups in total. The van der Waals surface area contributed by atoms with Gasteiger partial charge >= 0.3 is 0 Å². The van der Waals surface area contributed by atoms with Crippen molar-refractivity contribution < 1.29 is 9.59 Å². The van der Waals surface area contributed by atoms with E-state index in [-0.39, 0.29) is 28.4 Å². The van der Waals surface area contributed by atoms with Crippen LogP contribution < -0.4 is 10.6 Å². The summed E-state index contributed by atoms with van der Waals surface area (Å²) < 4.78 is 0. The minimum atomic E-state index is -0.380. The molecular formula is C15H22ClN5O2. The predicted octanol–water partition coefficient (Wildman–Crippen LogP) is 1.31. The molecule has 0 bridgehead atoms. The van der Waals surface area contributed by atoms with Gasteiger partial charge in [-0.15, -0.1) is 0 Å². The predicted molar refractivity (Wildman–Crippen MR) is 88.4 cm³/mol. The maximum absolute atomic E-state index is 12.6. The molecule has 0 aromatic carbocycles. The third-order valence-electron chi connectivity index (χ3n) is 4.00. The van der Waals surface area contributed by atoms with Crippen LogP contribution in [0.5, 0.6) is 0 Å². The Hall–Kier alpha value is -1.89. The Labute approximate surface area is 140 Å². The molecule has 2 heterocycles. The van der Waals surface area contributed by atoms with Gasteiger partial charge in [0.15, 0.2) is 5.69 Å². The number of carbonyl (C=O) groups excluding carboxylic acids is 2. The fraction of sp³-hybridized carbons (Fsp3) is 0.600. The number of primary amides is 1. The van der Waals surface area contributed by atoms with Crippen LogP contribution in [0.4, 0.5) is 5.95 Å². The van der Waals surface area contributed by atoms with Gasteiger partial charge in [-0.25, -0.2) is 9.97 Å². The summed E-state index contributed by atoms with van der Waals surface area (Å²) in [6.07, 6.45) is 4.10. The molecule has 7 nitrogen and oxygen atoms in total. The molecule has 2 rings (SSSR count). The zero-order valence-electron chi connectivity index (χ0n) is 13.5. The van der Waals surface area contributed by atoms with Crippen molar-refractivity contribution in [3.8, 4) is 0 Å². The number of nitrogens with zero attached hydrogens (tertiary/aromatic N) is 4. The van der Waals surface area contributed by atoms with Crippen molar-refractivity contribution in [1.82, 2.24) is 14.9 Å². The van der Waals surface area contributed by atoms with E-state index in [4.69, 9.17) is 17.3 Å². The van der Waals surface area contributed by atoms with Gasteiger partial charge in [0.05, 0.1) is 17.1 Å². The first-order valence-electron chi connectivity index (χ1n) is 7.76. The molecule has 0 aliphatic carbocycles. The molecule has 0 unspecified atom stereocenters. The van der Waals surface area contributed by atoms with E-state index in [1.54, 1.807) is 4.90 Å². The van der Waals surface area contributed by atoms with E-state index in [1.807, 2.05) is 11.9 Å². The number of amides is 2. The van der Waals surface area contributed by atoms with Gasteiger partial charge in [-0.3, -0.25) is 9.59 Å². The number of hydrogen-bond donors (Lipinski definition) is 1. The normalized spacial score (nSPS) is 17.3. The number of likely N-dealkylation sites (tertiary alicyclic amines) is 1. The lowest BCUT2D eigenvalue weighted by atomic mass is 10.1. The Morgan fingerprint density at radius 1 is 1.52 bits per heavy atom. The Balaban J connectivity index is 2.15. The monoisotopic (exact) mass is 339 g/mol. The number of hydrogen-bond acceptors (Lipinski definition) is 5. The highest BCUT2D eigenvalue weighted by Crippen LogP contribution is 2.22. The molecule has 0 radical (unpaired) electrons. The summed E-state index contributed by atoms with van der Waals surface area (Å²) in [7, 11) is 1.88. The van der Waals surface area contributed by atoms with Crippen LogP contribution in [0, 0.1) is 5.92 Å². The molecule has 23 heavy (non-hydrogen) atoms. The van der Waals surface area contributed by atoms with Gasteiger partial charge in [-0.1, -0.05) is 24.9 Å². The SMILES string of the molecule is CCCCN(C)c1ncc(Cl)c(C(=O)N2CC[C@@H](C(N)=O)C2)n1. The molecule has 0 spiro atoms. The number of nitrogens with two attached hydrogens (primary N) is 1. The second kappa shape index (κ2) is 7.59. The van der Waals surface area contributed by atoms with Crippen LogP contribution in [0.3, 0.4) is 0 Å². The first-order chi connectivity index (χ1) is 10.9. The van der Waals surface area contributed by atoms with Gasteiger partial charge in [-0.2, -0.15) is 0 Å². The lowest BCUT2D eigenvalue weighted by Crippen LogP contribution is -2.33. The molecule has 1 aliphatic rings. The van der Waals surface area contributed by atoms with E-state index in [1.165, 1.54) is 6.20 Å². The van der Waals surface area contributed by atoms with Crippen LogP contribution in [0.2, 0.25) is 5.02 Å². The third-order valence-corrected chi connectivity index (χ3v) is 4.28. The molecule has 1 aromatic rings. The summed E-state index contributed by atoms with van der Waals surface area (Å²) in [6.45, 7) is 3.70. The first kappa shape index (κ1) is 17.5. The molecule has 1 saturated heterocycles. The maximum atomic E-state index is 12.6. The molecule has 0 saturated carbocycles. The van der Waals surface area contributed by atoms with E-state index in [9.17, 15) is 9.59 Å². The average molecular weight is 340 g/mol. The summed E-state index contributed by atoms with van der Waals surface area (Å²) >= 11 is 6.09. The Morgan fingerprint density at radius 3 is 2.87 bits per heavy atom. The second-order valence-corrected chi connectivity index (χ2v) is 6.19. The van der Waals surface area contributed by atoms with Crippen LogP contribution in [-0.2, 0) is 4.79 Å². The molecular weight excluding hydrogens is 318 g/mol. The van der Waals surface area contributed by atoms with Crippen LogP contribution in [0.25, 0.3) is 0 Å². The Kier molecular flexibility index (Phi) is 5.76. The van der Waals surface area contributed by atoms with Crippen molar-refractivity contribution in [2.75, 3.05) is 31.6 Å². The molecule has 1 aliphatic heterocycles. The highest BCUT2D eigenvalue weighted by Gasteiger charge is 2.32. The number of halogens is 1. The quantitative estimate of drug-likeness (QED) is 0.843. The van der Waals surface area contributed by atoms with Crippen molar-refractivity contribution in [2.24, 2.45) is 11.7 Å². The lowest BCUT2D eigenvalue weighted by molar-refractivity contribution is -0.121. The summed E-state index contributed by atoms with van der Waals surface area (Å²) in [5.74, 6) is -0.497. The first-order valence-corrected chi connectivity index (χ1v) is 8.14. The van der Waals surface area contributed by atoms with Crippen LogP contribution in [0.1, 0.15) is 36.7 Å². The largest absolute Gasteiger partial charge is 0.369 e. The van der Waals surface area contributed by atoms with Crippen molar-refractivity contribution in [3.05, 3.63) is 16.9 Å². The Bertz CT molecular complexity index is 595. The minimum absolute atomic E-state index is 0.171. The molecule has 2 amide bonds. The maximum Gasteiger partial charge on any atom is 0.274 e. The average Bonchev–Trinajstić information content (AvgIpc) is 3.02. The molecule has 1 atom stereocenters. The fourth-order valence-electron chi connectivity index (χ4n) is 2.51. The zero-order chi connectivity index (χ0) is 17.0. The van der Waals surface area contributed by atoms with E-state index < -0.39 is 0 Å². The summed E-state index contributed by atoms with van der Waals surface area (Å²) in [5.41, 5.74) is 5.48. The second-order valence-electron chi connectivity index (χ2n) is 5.78. The minimum Gasteiger partial charge on any atom is -0.369 e. The lowest BCUT2D eigenvalue weighted by Gasteiger charge is -2.19. The molecule has 8 heteroatoms. The third kappa shape index (κ3) is 4.10. The van der Waals surface area contributed by atoms with Crippen molar-refractivity contribution in [3.63, 3.8) is 0 Å². The Morgan fingerprint density at radius 2 is 2.26 bits per heavy atom. The van der Waals surface area contributed by atoms with Crippen molar-refractivity contribution in [2.45, 2.75) is 26.2 Å². The summed E-state index contributed by atoms with van der Waals surface area (Å²) in [6, 6.07) is 0. The highest BCUT2D eigenvalue weighted by molar-refractivity contribution is 6.33. The summed E-state index contributed by atoms with van der Waals surface area (Å²) in [4.78, 5) is 35.8. The smallest absolute Gasteiger partial charge is 0.274 e. The molecule has 1 fully saturated rings. The number of unbranched alkanes of at least 4 members (excludes halogenated alkanes) is 1. The number of aromatic nitrogens is 2. The molecule has 1 aromatic heterocycles. The number of carbonyl (C=O) groups is 2. The van der Waals surface area contributed by atoms with Gasteiger partial charge in [0, 0.05) is 26.7 Å². The van der Waals surface area contributed by atoms with Gasteiger partial charge < -0.3 is 15.5 Å². The number of anilines is 1. The standard InChI is InChI=1S/C15H22ClN5O2/c1-3-4-6-20(2)15-18-8-11(16)12(19-15)14(23)21-7-5-10(9-21)13(17)22/h8,10H,3-7,9H2,1-2H3,(H2,17,22)/t10-/m1/s1. The van der Waals surface area contributed by atoms with Crippen molar-refractivity contribution in [1.29, 1.82) is 0 Å². The van der Waals surface area contributed by atoms with Crippen LogP contribution in [-0.4, -0.2) is 53.4 Å². The summed E-state index contributed by atoms with van der Waals surface area (Å²) in [5, 5.41) is 0.213. The van der Waals surface area contributed by atoms with E-state index in [0.29, 0.717) is 25.5 Å². The van der Waals surface area contributed by atoms with Gasteiger partial charge in [-0.05, 0) is 12.8 Å². The highest BCUT2D eigenvalue weighted by atomic mass is 35.5. The molecule has 126 valence electrons. The van der Waals surface area contributed by atoms with E-state index in [2.05, 4.69) is 16.9 Å². The van der Waals surface area contributed by atoms with E-state index in [0.717, 1.165) is 19.4 Å². The topological polar surface area (TPSA) is 92.4 Å². The van der Waals surface area contributed by atoms with Crippen LogP contribution in [0.15, 0.2) is 6.20 Å². The van der Waals surface area contributed by atoms with Gasteiger partial charge in [0.1, 0.15) is 0 Å². The van der Waals surface area contributed by atoms with Gasteiger partial charge in [0.2, 0.25) is 11.9 Å². The number of rotatable bonds is 6. The van der Waals surface area contributed by atoms with Gasteiger partial charge in [0.25, 0.3) is 5.91 Å². The van der Waals surface area contributed by atoms with Crippen LogP contribution >= 0.6 is 11.6 Å².